The maximum Gasteiger partial charge on any atom is 0.262 e. The van der Waals surface area contributed by atoms with Crippen molar-refractivity contribution in [2.75, 3.05) is 43.2 Å². The molecule has 5 aromatic rings. The molecular formula is C41H39F2N9O5. The van der Waals surface area contributed by atoms with E-state index >= 15 is 8.78 Å². The van der Waals surface area contributed by atoms with Gasteiger partial charge in [0.1, 0.15) is 47.4 Å². The lowest BCUT2D eigenvalue weighted by Crippen LogP contribution is -2.54. The molecule has 0 radical (unpaired) electrons. The number of anilines is 2. The Hall–Kier alpha value is -6.29. The Balaban J connectivity index is 0.962. The quantitative estimate of drug-likeness (QED) is 0.205. The van der Waals surface area contributed by atoms with Gasteiger partial charge in [-0.2, -0.15) is 5.10 Å². The zero-order valence-corrected chi connectivity index (χ0v) is 30.0. The summed E-state index contributed by atoms with van der Waals surface area (Å²) in [5, 5.41) is 7.16. The van der Waals surface area contributed by atoms with E-state index in [2.05, 4.69) is 9.97 Å². The first-order chi connectivity index (χ1) is 30.6. The first kappa shape index (κ1) is 28.2. The van der Waals surface area contributed by atoms with Crippen LogP contribution in [-0.4, -0.2) is 97.9 Å². The van der Waals surface area contributed by atoms with E-state index in [4.69, 9.17) is 26.5 Å². The Labute approximate surface area is 336 Å². The molecule has 4 aliphatic rings. The molecule has 0 spiro atoms. The van der Waals surface area contributed by atoms with Crippen LogP contribution < -0.4 is 20.7 Å². The van der Waals surface area contributed by atoms with E-state index in [1.54, 1.807) is 24.3 Å². The smallest absolute Gasteiger partial charge is 0.262 e. The van der Waals surface area contributed by atoms with Crippen molar-refractivity contribution in [1.29, 1.82) is 0 Å². The van der Waals surface area contributed by atoms with E-state index in [1.165, 1.54) is 11.0 Å². The van der Waals surface area contributed by atoms with Crippen LogP contribution in [0.1, 0.15) is 69.8 Å². The summed E-state index contributed by atoms with van der Waals surface area (Å²) in [4.78, 5) is 60.5. The van der Waals surface area contributed by atoms with Crippen LogP contribution in [0.3, 0.4) is 0 Å². The Morgan fingerprint density at radius 2 is 1.61 bits per heavy atom. The Morgan fingerprint density at radius 3 is 2.33 bits per heavy atom. The number of amides is 4. The van der Waals surface area contributed by atoms with Gasteiger partial charge < -0.3 is 15.4 Å². The zero-order valence-electron chi connectivity index (χ0n) is 38.0. The van der Waals surface area contributed by atoms with Crippen LogP contribution in [0.25, 0.3) is 22.3 Å². The highest BCUT2D eigenvalue weighted by atomic mass is 19.1. The molecule has 5 heterocycles. The number of carbonyl (C=O) groups is 4. The lowest BCUT2D eigenvalue weighted by molar-refractivity contribution is -0.136. The normalized spacial score (nSPS) is 28.5. The van der Waals surface area contributed by atoms with Crippen molar-refractivity contribution < 1.29 is 43.7 Å². The molecule has 2 saturated heterocycles. The summed E-state index contributed by atoms with van der Waals surface area (Å²) in [6.45, 7) is -14.7. The van der Waals surface area contributed by atoms with Gasteiger partial charge in [-0.15, -0.1) is 0 Å². The molecule has 4 unspecified atom stereocenters. The van der Waals surface area contributed by atoms with E-state index in [0.29, 0.717) is 50.1 Å². The highest BCUT2D eigenvalue weighted by Crippen LogP contribution is 2.40. The van der Waals surface area contributed by atoms with E-state index in [0.717, 1.165) is 0 Å². The first-order valence-corrected chi connectivity index (χ1v) is 18.2. The second kappa shape index (κ2) is 14.7. The average Bonchev–Trinajstić information content (AvgIpc) is 3.74. The molecule has 1 saturated carbocycles. The summed E-state index contributed by atoms with van der Waals surface area (Å²) in [6, 6.07) is 14.9. The van der Waals surface area contributed by atoms with Crippen LogP contribution in [-0.2, 0) is 9.59 Å². The third-order valence-electron chi connectivity index (χ3n) is 10.6. The number of carbonyl (C=O) groups excluding carboxylic acids is 4. The lowest BCUT2D eigenvalue weighted by Gasteiger charge is -2.39. The molecule has 292 valence electrons. The van der Waals surface area contributed by atoms with Crippen molar-refractivity contribution in [3.8, 4) is 22.8 Å². The van der Waals surface area contributed by atoms with Gasteiger partial charge >= 0.3 is 0 Å². The van der Waals surface area contributed by atoms with Crippen molar-refractivity contribution in [2.24, 2.45) is 5.92 Å². The standard InChI is InChI=1S/C41H39F2N9O5/c42-29-18-23(6-11-31(29)52-38-35(37(44)45-22-46-38)36(48-52)24-7-9-26(10-8-24)57-25-4-2-1-3-5-25)21-49-14-16-50(17-15-49)33-20-28-27(19-30(33)43)40(55)51(41(28)56)32-12-13-34(53)47-39(32)54/h1-5,7-10,19-20,22-23,29,31-32H,6,11-18,21H2,(H2,44,45,46)(H,47,53,54)/i14D2,15D2,16D2,17D2. The number of nitrogens with two attached hydrogens (primary N) is 1. The van der Waals surface area contributed by atoms with Crippen LogP contribution in [0.15, 0.2) is 73.1 Å². The molecule has 14 nitrogen and oxygen atoms in total. The predicted octanol–water partition coefficient (Wildman–Crippen LogP) is 4.91. The van der Waals surface area contributed by atoms with E-state index in [9.17, 15) is 19.2 Å². The van der Waals surface area contributed by atoms with Crippen molar-refractivity contribution in [1.82, 2.24) is 34.9 Å². The van der Waals surface area contributed by atoms with E-state index in [1.807, 2.05) is 35.6 Å². The van der Waals surface area contributed by atoms with Crippen molar-refractivity contribution in [3.05, 3.63) is 90.0 Å². The SMILES string of the molecule is [2H]C1([2H])N(CC2CCC(n3nc(-c4ccc(Oc5ccccc5)cc4)c4c(N)ncnc43)C(F)C2)C([2H])([2H])C([2H])([2H])N(c2cc3c(cc2F)C(=O)N(C2CCC(=O)NC2=O)C3=O)C1([2H])[2H]. The Morgan fingerprint density at radius 1 is 0.895 bits per heavy atom. The molecule has 3 aliphatic heterocycles. The minimum atomic E-state index is -3.59. The number of imide groups is 2. The van der Waals surface area contributed by atoms with Crippen LogP contribution >= 0.6 is 0 Å². The highest BCUT2D eigenvalue weighted by Gasteiger charge is 2.45. The number of aromatic nitrogens is 4. The molecule has 4 atom stereocenters. The number of halogens is 2. The molecule has 9 rings (SSSR count). The number of nitrogen functional groups attached to an aromatic ring is 1. The second-order valence-electron chi connectivity index (χ2n) is 14.1. The number of alkyl halides is 1. The number of para-hydroxylation sites is 1. The summed E-state index contributed by atoms with van der Waals surface area (Å²) >= 11 is 0. The summed E-state index contributed by atoms with van der Waals surface area (Å²) in [5.41, 5.74) is 5.36. The minimum absolute atomic E-state index is 0.0643. The van der Waals surface area contributed by atoms with Gasteiger partial charge in [0.05, 0.1) is 33.7 Å². The van der Waals surface area contributed by atoms with Crippen molar-refractivity contribution >= 4 is 46.2 Å². The molecule has 3 aromatic carbocycles. The third-order valence-corrected chi connectivity index (χ3v) is 10.6. The van der Waals surface area contributed by atoms with Gasteiger partial charge in [0.2, 0.25) is 11.8 Å². The summed E-state index contributed by atoms with van der Waals surface area (Å²) in [6.07, 6.45) is -0.989. The van der Waals surface area contributed by atoms with Gasteiger partial charge in [0.25, 0.3) is 11.8 Å². The molecule has 3 fully saturated rings. The monoisotopic (exact) mass is 783 g/mol. The van der Waals surface area contributed by atoms with Gasteiger partial charge in [-0.25, -0.2) is 23.4 Å². The average molecular weight is 784 g/mol. The molecule has 2 aromatic heterocycles. The largest absolute Gasteiger partial charge is 0.457 e. The molecule has 3 N–H and O–H groups in total. The Kier molecular flexibility index (Phi) is 7.24. The van der Waals surface area contributed by atoms with Gasteiger partial charge in [0, 0.05) is 50.0 Å². The molecule has 0 bridgehead atoms. The number of nitrogens with zero attached hydrogens (tertiary/aromatic N) is 7. The molecule has 4 amide bonds. The van der Waals surface area contributed by atoms with Crippen LogP contribution in [0, 0.1) is 11.7 Å². The minimum Gasteiger partial charge on any atom is -0.457 e. The number of benzene rings is 3. The Bertz CT molecular complexity index is 2760. The molecule has 1 aliphatic carbocycles. The van der Waals surface area contributed by atoms with Crippen LogP contribution in [0.2, 0.25) is 0 Å². The number of hydrogen-bond acceptors (Lipinski definition) is 11. The summed E-state index contributed by atoms with van der Waals surface area (Å²) in [7, 11) is 0. The molecule has 16 heteroatoms. The number of ether oxygens (including phenoxy) is 1. The molecular weight excluding hydrogens is 737 g/mol. The maximum atomic E-state index is 16.6. The van der Waals surface area contributed by atoms with Crippen molar-refractivity contribution in [3.63, 3.8) is 0 Å². The van der Waals surface area contributed by atoms with Gasteiger partial charge in [-0.1, -0.05) is 18.2 Å². The first-order valence-electron chi connectivity index (χ1n) is 22.2. The molecule has 57 heavy (non-hydrogen) atoms. The van der Waals surface area contributed by atoms with Crippen LogP contribution in [0.4, 0.5) is 20.3 Å². The predicted molar refractivity (Wildman–Crippen MR) is 205 cm³/mol. The van der Waals surface area contributed by atoms with Gasteiger partial charge in [-0.3, -0.25) is 34.3 Å². The van der Waals surface area contributed by atoms with Gasteiger partial charge in [-0.05, 0) is 80.1 Å². The highest BCUT2D eigenvalue weighted by molar-refractivity contribution is 6.23. The van der Waals surface area contributed by atoms with E-state index in [-0.39, 0.29) is 48.5 Å². The number of rotatable bonds is 8. The fourth-order valence-electron chi connectivity index (χ4n) is 7.75. The number of piperidine rings is 1. The summed E-state index contributed by atoms with van der Waals surface area (Å²) < 4.78 is 112. The summed E-state index contributed by atoms with van der Waals surface area (Å²) in [5.74, 6) is -4.87. The topological polar surface area (TPSA) is 169 Å². The number of hydrogen-bond donors (Lipinski definition) is 2. The fraction of sp³-hybridized carbons (Fsp3) is 0.341. The number of fused-ring (bicyclic) bond motifs is 2. The van der Waals surface area contributed by atoms with E-state index < -0.39 is 103 Å². The fourth-order valence-corrected chi connectivity index (χ4v) is 7.75. The van der Waals surface area contributed by atoms with Crippen molar-refractivity contribution in [2.45, 2.75) is 50.4 Å². The third kappa shape index (κ3) is 6.73. The second-order valence-corrected chi connectivity index (χ2v) is 14.1. The zero-order chi connectivity index (χ0) is 46.5. The van der Waals surface area contributed by atoms with Crippen LogP contribution in [0.5, 0.6) is 11.5 Å². The maximum absolute atomic E-state index is 16.6. The number of nitrogens with one attached hydrogen (secondary N) is 1. The van der Waals surface area contributed by atoms with Gasteiger partial charge in [0.15, 0.2) is 5.65 Å². The lowest BCUT2D eigenvalue weighted by atomic mass is 9.84. The number of piperazine rings is 1.